The number of hydrogen-bond donors (Lipinski definition) is 1. The van der Waals surface area contributed by atoms with E-state index in [9.17, 15) is 17.6 Å². The van der Waals surface area contributed by atoms with Crippen LogP contribution >= 0.6 is 0 Å². The average Bonchev–Trinajstić information content (AvgIpc) is 2.07. The van der Waals surface area contributed by atoms with Crippen LogP contribution in [0.4, 0.5) is 17.6 Å². The Kier molecular flexibility index (Phi) is 3.05. The predicted octanol–water partition coefficient (Wildman–Crippen LogP) is 1.83. The maximum absolute atomic E-state index is 12.4. The molecule has 1 atom stereocenters. The fourth-order valence-electron chi connectivity index (χ4n) is 1.02. The number of nitrogens with zero attached hydrogens (tertiary/aromatic N) is 1. The van der Waals surface area contributed by atoms with E-state index >= 15 is 0 Å². The molecular formula is C8H8F4N2. The zero-order valence-electron chi connectivity index (χ0n) is 7.05. The topological polar surface area (TPSA) is 38.9 Å². The van der Waals surface area contributed by atoms with Crippen LogP contribution in [0, 0.1) is 5.82 Å². The molecule has 1 aromatic heterocycles. The number of hydrogen-bond acceptors (Lipinski definition) is 2. The van der Waals surface area contributed by atoms with Gasteiger partial charge in [-0.1, -0.05) is 0 Å². The Morgan fingerprint density at radius 3 is 2.36 bits per heavy atom. The smallest absolute Gasteiger partial charge is 0.329 e. The van der Waals surface area contributed by atoms with Crippen molar-refractivity contribution in [3.8, 4) is 0 Å². The van der Waals surface area contributed by atoms with Gasteiger partial charge in [0.15, 0.2) is 0 Å². The molecule has 2 N–H and O–H groups in total. The van der Waals surface area contributed by atoms with Crippen molar-refractivity contribution in [2.45, 2.75) is 12.1 Å². The number of halogens is 4. The monoisotopic (exact) mass is 208 g/mol. The van der Waals surface area contributed by atoms with E-state index in [0.29, 0.717) is 0 Å². The summed E-state index contributed by atoms with van der Waals surface area (Å²) in [6.07, 6.45) is -3.71. The Balaban J connectivity index is 2.96. The molecule has 1 heterocycles. The summed E-state index contributed by atoms with van der Waals surface area (Å²) < 4.78 is 49.3. The standard InChI is InChI=1S/C8H8F4N2/c9-5-1-2-7(14-4-5)6(3-13)8(10,11)12/h1-2,4,6H,3,13H2. The molecule has 0 aliphatic rings. The molecule has 0 aliphatic heterocycles. The first-order chi connectivity index (χ1) is 6.45. The Hall–Kier alpha value is -1.17. The minimum absolute atomic E-state index is 0.263. The summed E-state index contributed by atoms with van der Waals surface area (Å²) in [4.78, 5) is 3.34. The molecule has 0 fully saturated rings. The van der Waals surface area contributed by atoms with Crippen LogP contribution < -0.4 is 5.73 Å². The highest BCUT2D eigenvalue weighted by Crippen LogP contribution is 2.32. The van der Waals surface area contributed by atoms with Gasteiger partial charge in [0.2, 0.25) is 0 Å². The van der Waals surface area contributed by atoms with Crippen LogP contribution in [0.5, 0.6) is 0 Å². The van der Waals surface area contributed by atoms with Gasteiger partial charge in [0, 0.05) is 6.54 Å². The molecule has 0 amide bonds. The first kappa shape index (κ1) is 10.9. The van der Waals surface area contributed by atoms with Gasteiger partial charge in [-0.2, -0.15) is 13.2 Å². The van der Waals surface area contributed by atoms with E-state index in [1.54, 1.807) is 0 Å². The van der Waals surface area contributed by atoms with Crippen molar-refractivity contribution in [1.29, 1.82) is 0 Å². The van der Waals surface area contributed by atoms with Crippen molar-refractivity contribution in [2.75, 3.05) is 6.54 Å². The molecule has 6 heteroatoms. The maximum atomic E-state index is 12.4. The van der Waals surface area contributed by atoms with E-state index in [-0.39, 0.29) is 5.69 Å². The molecular weight excluding hydrogens is 200 g/mol. The third-order valence-electron chi connectivity index (χ3n) is 1.74. The van der Waals surface area contributed by atoms with Gasteiger partial charge in [0.05, 0.1) is 11.9 Å². The van der Waals surface area contributed by atoms with Gasteiger partial charge in [-0.05, 0) is 12.1 Å². The lowest BCUT2D eigenvalue weighted by Gasteiger charge is -2.17. The van der Waals surface area contributed by atoms with Gasteiger partial charge in [0.25, 0.3) is 0 Å². The third-order valence-corrected chi connectivity index (χ3v) is 1.74. The second-order valence-electron chi connectivity index (χ2n) is 2.73. The lowest BCUT2D eigenvalue weighted by Crippen LogP contribution is -2.28. The molecule has 0 radical (unpaired) electrons. The maximum Gasteiger partial charge on any atom is 0.398 e. The molecule has 78 valence electrons. The zero-order valence-corrected chi connectivity index (χ0v) is 7.05. The van der Waals surface area contributed by atoms with Crippen LogP contribution in [0.2, 0.25) is 0 Å². The zero-order chi connectivity index (χ0) is 10.8. The lowest BCUT2D eigenvalue weighted by molar-refractivity contribution is -0.148. The summed E-state index contributed by atoms with van der Waals surface area (Å²) >= 11 is 0. The number of rotatable bonds is 2. The molecule has 2 nitrogen and oxygen atoms in total. The Morgan fingerprint density at radius 1 is 1.36 bits per heavy atom. The summed E-state index contributed by atoms with van der Waals surface area (Å²) in [5.41, 5.74) is 4.71. The SMILES string of the molecule is NCC(c1ccc(F)cn1)C(F)(F)F. The average molecular weight is 208 g/mol. The molecule has 1 unspecified atom stereocenters. The minimum atomic E-state index is -4.44. The number of alkyl halides is 3. The van der Waals surface area contributed by atoms with Gasteiger partial charge in [0.1, 0.15) is 11.7 Å². The fourth-order valence-corrected chi connectivity index (χ4v) is 1.02. The number of pyridine rings is 1. The van der Waals surface area contributed by atoms with Crippen LogP contribution in [0.1, 0.15) is 11.6 Å². The van der Waals surface area contributed by atoms with Gasteiger partial charge >= 0.3 is 6.18 Å². The van der Waals surface area contributed by atoms with E-state index in [4.69, 9.17) is 5.73 Å². The summed E-state index contributed by atoms with van der Waals surface area (Å²) in [5, 5.41) is 0. The fraction of sp³-hybridized carbons (Fsp3) is 0.375. The molecule has 0 aliphatic carbocycles. The van der Waals surface area contributed by atoms with Crippen molar-refractivity contribution in [1.82, 2.24) is 4.98 Å². The first-order valence-electron chi connectivity index (χ1n) is 3.83. The van der Waals surface area contributed by atoms with Crippen molar-refractivity contribution in [2.24, 2.45) is 5.73 Å². The minimum Gasteiger partial charge on any atom is -0.329 e. The number of aromatic nitrogens is 1. The lowest BCUT2D eigenvalue weighted by atomic mass is 10.0. The van der Waals surface area contributed by atoms with Gasteiger partial charge in [-0.3, -0.25) is 4.98 Å². The summed E-state index contributed by atoms with van der Waals surface area (Å²) in [5.74, 6) is -2.50. The van der Waals surface area contributed by atoms with Crippen LogP contribution in [-0.4, -0.2) is 17.7 Å². The summed E-state index contributed by atoms with van der Waals surface area (Å²) in [6.45, 7) is -0.595. The Morgan fingerprint density at radius 2 is 2.00 bits per heavy atom. The molecule has 1 rings (SSSR count). The van der Waals surface area contributed by atoms with Crippen molar-refractivity contribution < 1.29 is 17.6 Å². The van der Waals surface area contributed by atoms with Crippen LogP contribution in [0.25, 0.3) is 0 Å². The Labute approximate surface area is 77.7 Å². The highest BCUT2D eigenvalue weighted by Gasteiger charge is 2.40. The molecule has 0 saturated carbocycles. The highest BCUT2D eigenvalue weighted by atomic mass is 19.4. The molecule has 0 aromatic carbocycles. The van der Waals surface area contributed by atoms with E-state index in [2.05, 4.69) is 4.98 Å². The van der Waals surface area contributed by atoms with E-state index in [1.165, 1.54) is 0 Å². The van der Waals surface area contributed by atoms with Crippen LogP contribution in [-0.2, 0) is 0 Å². The quantitative estimate of drug-likeness (QED) is 0.753. The second kappa shape index (κ2) is 3.91. The van der Waals surface area contributed by atoms with E-state index < -0.39 is 24.5 Å². The molecule has 0 bridgehead atoms. The van der Waals surface area contributed by atoms with Gasteiger partial charge in [-0.25, -0.2) is 4.39 Å². The largest absolute Gasteiger partial charge is 0.398 e. The predicted molar refractivity (Wildman–Crippen MR) is 42.0 cm³/mol. The van der Waals surface area contributed by atoms with Crippen molar-refractivity contribution in [3.05, 3.63) is 29.8 Å². The summed E-state index contributed by atoms with van der Waals surface area (Å²) in [7, 11) is 0. The van der Waals surface area contributed by atoms with Gasteiger partial charge in [-0.15, -0.1) is 0 Å². The highest BCUT2D eigenvalue weighted by molar-refractivity contribution is 5.12. The van der Waals surface area contributed by atoms with E-state index in [1.807, 2.05) is 0 Å². The van der Waals surface area contributed by atoms with E-state index in [0.717, 1.165) is 18.3 Å². The molecule has 1 aromatic rings. The first-order valence-corrected chi connectivity index (χ1v) is 3.83. The Bertz CT molecular complexity index is 293. The normalized spacial score (nSPS) is 14.1. The third kappa shape index (κ3) is 2.41. The molecule has 0 saturated heterocycles. The number of nitrogens with two attached hydrogens (primary N) is 1. The van der Waals surface area contributed by atoms with Crippen molar-refractivity contribution >= 4 is 0 Å². The van der Waals surface area contributed by atoms with Crippen LogP contribution in [0.15, 0.2) is 18.3 Å². The van der Waals surface area contributed by atoms with Gasteiger partial charge < -0.3 is 5.73 Å². The summed E-state index contributed by atoms with van der Waals surface area (Å²) in [6, 6.07) is 1.91. The molecule has 14 heavy (non-hydrogen) atoms. The van der Waals surface area contributed by atoms with Crippen LogP contribution in [0.3, 0.4) is 0 Å². The molecule has 0 spiro atoms. The van der Waals surface area contributed by atoms with Crippen molar-refractivity contribution in [3.63, 3.8) is 0 Å². The second-order valence-corrected chi connectivity index (χ2v) is 2.73.